The van der Waals surface area contributed by atoms with Crippen LogP contribution in [0, 0.1) is 11.3 Å². The van der Waals surface area contributed by atoms with E-state index in [0.29, 0.717) is 24.2 Å². The summed E-state index contributed by atoms with van der Waals surface area (Å²) in [6.07, 6.45) is 0.606. The van der Waals surface area contributed by atoms with E-state index in [1.165, 1.54) is 22.5 Å². The molecule has 0 aromatic heterocycles. The second-order valence-electron chi connectivity index (χ2n) is 5.08. The number of para-hydroxylation sites is 1. The van der Waals surface area contributed by atoms with E-state index in [9.17, 15) is 13.2 Å². The second kappa shape index (κ2) is 5.74. The van der Waals surface area contributed by atoms with E-state index in [2.05, 4.69) is 4.72 Å². The number of carbonyl (C=O) groups excluding carboxylic acids is 1. The Hall–Kier alpha value is -2.85. The fraction of sp³-hybridized carbons (Fsp3) is 0.125. The van der Waals surface area contributed by atoms with Gasteiger partial charge in [-0.15, -0.1) is 0 Å². The molecule has 2 aromatic rings. The Morgan fingerprint density at radius 3 is 2.74 bits per heavy atom. The van der Waals surface area contributed by atoms with E-state index in [4.69, 9.17) is 5.26 Å². The molecule has 0 fully saturated rings. The Bertz CT molecular complexity index is 916. The van der Waals surface area contributed by atoms with Crippen LogP contribution in [0.25, 0.3) is 0 Å². The van der Waals surface area contributed by atoms with Crippen LogP contribution in [0.3, 0.4) is 0 Å². The average molecular weight is 327 g/mol. The monoisotopic (exact) mass is 327 g/mol. The molecule has 1 aliphatic rings. The molecule has 1 heterocycles. The number of anilines is 1. The van der Waals surface area contributed by atoms with Crippen LogP contribution < -0.4 is 9.03 Å². The summed E-state index contributed by atoms with van der Waals surface area (Å²) in [5, 5.41) is 8.85. The van der Waals surface area contributed by atoms with Crippen molar-refractivity contribution in [3.8, 4) is 6.07 Å². The van der Waals surface area contributed by atoms with Gasteiger partial charge in [0.15, 0.2) is 0 Å². The Morgan fingerprint density at radius 1 is 1.17 bits per heavy atom. The van der Waals surface area contributed by atoms with Crippen molar-refractivity contribution in [2.75, 3.05) is 10.8 Å². The van der Waals surface area contributed by atoms with Gasteiger partial charge in [0.25, 0.3) is 5.91 Å². The highest BCUT2D eigenvalue weighted by Gasteiger charge is 2.30. The molecule has 0 unspecified atom stereocenters. The number of nitrogens with one attached hydrogen (secondary N) is 1. The molecule has 0 bridgehead atoms. The van der Waals surface area contributed by atoms with Gasteiger partial charge in [-0.1, -0.05) is 24.3 Å². The van der Waals surface area contributed by atoms with Gasteiger partial charge < -0.3 is 0 Å². The molecule has 0 saturated carbocycles. The third-order valence-corrected chi connectivity index (χ3v) is 5.01. The molecule has 0 atom stereocenters. The van der Waals surface area contributed by atoms with Crippen LogP contribution in [-0.2, 0) is 16.6 Å². The van der Waals surface area contributed by atoms with Crippen LogP contribution in [0.5, 0.6) is 0 Å². The zero-order chi connectivity index (χ0) is 16.4. The van der Waals surface area contributed by atoms with Crippen molar-refractivity contribution in [3.05, 3.63) is 65.2 Å². The van der Waals surface area contributed by atoms with Gasteiger partial charge in [0.05, 0.1) is 17.3 Å². The Labute approximate surface area is 134 Å². The maximum Gasteiger partial charge on any atom is 0.326 e. The molecule has 0 aliphatic carbocycles. The Kier molecular flexibility index (Phi) is 3.76. The van der Waals surface area contributed by atoms with E-state index < -0.39 is 16.1 Å². The second-order valence-corrected chi connectivity index (χ2v) is 6.67. The SMILES string of the molecule is N#Cc1cccc(C(=O)NS(=O)(=O)N2CCc3ccccc32)c1. The molecular formula is C16H13N3O3S. The van der Waals surface area contributed by atoms with Gasteiger partial charge in [0.2, 0.25) is 0 Å². The van der Waals surface area contributed by atoms with Crippen LogP contribution >= 0.6 is 0 Å². The molecule has 6 nitrogen and oxygen atoms in total. The van der Waals surface area contributed by atoms with Gasteiger partial charge >= 0.3 is 10.2 Å². The maximum atomic E-state index is 12.5. The average Bonchev–Trinajstić information content (AvgIpc) is 2.99. The quantitative estimate of drug-likeness (QED) is 0.927. The molecule has 3 rings (SSSR count). The summed E-state index contributed by atoms with van der Waals surface area (Å²) in [6.45, 7) is 0.292. The molecule has 1 amide bonds. The lowest BCUT2D eigenvalue weighted by Gasteiger charge is -2.19. The number of benzene rings is 2. The Balaban J connectivity index is 1.85. The van der Waals surface area contributed by atoms with Crippen molar-refractivity contribution in [1.82, 2.24) is 4.72 Å². The van der Waals surface area contributed by atoms with Gasteiger partial charge in [-0.2, -0.15) is 13.7 Å². The summed E-state index contributed by atoms with van der Waals surface area (Å²) in [6, 6.07) is 15.0. The smallest absolute Gasteiger partial charge is 0.268 e. The summed E-state index contributed by atoms with van der Waals surface area (Å²) >= 11 is 0. The van der Waals surface area contributed by atoms with Crippen LogP contribution in [-0.4, -0.2) is 20.9 Å². The van der Waals surface area contributed by atoms with Crippen molar-refractivity contribution < 1.29 is 13.2 Å². The molecule has 116 valence electrons. The summed E-state index contributed by atoms with van der Waals surface area (Å²) in [5.74, 6) is -0.758. The van der Waals surface area contributed by atoms with Crippen molar-refractivity contribution in [2.24, 2.45) is 0 Å². The number of rotatable bonds is 3. The minimum atomic E-state index is -3.99. The van der Waals surface area contributed by atoms with Gasteiger partial charge in [-0.05, 0) is 36.2 Å². The third-order valence-electron chi connectivity index (χ3n) is 3.61. The number of amides is 1. The topological polar surface area (TPSA) is 90.3 Å². The van der Waals surface area contributed by atoms with Crippen LogP contribution in [0.2, 0.25) is 0 Å². The highest BCUT2D eigenvalue weighted by atomic mass is 32.2. The number of nitrogens with zero attached hydrogens (tertiary/aromatic N) is 2. The minimum Gasteiger partial charge on any atom is -0.268 e. The fourth-order valence-electron chi connectivity index (χ4n) is 2.52. The van der Waals surface area contributed by atoms with Crippen molar-refractivity contribution in [2.45, 2.75) is 6.42 Å². The lowest BCUT2D eigenvalue weighted by molar-refractivity contribution is 0.0981. The third kappa shape index (κ3) is 2.89. The molecule has 0 saturated heterocycles. The summed E-state index contributed by atoms with van der Waals surface area (Å²) < 4.78 is 28.2. The fourth-order valence-corrected chi connectivity index (χ4v) is 3.75. The first-order valence-corrected chi connectivity index (χ1v) is 8.38. The van der Waals surface area contributed by atoms with Gasteiger partial charge in [-0.3, -0.25) is 9.10 Å². The van der Waals surface area contributed by atoms with Crippen LogP contribution in [0.4, 0.5) is 5.69 Å². The normalized spacial score (nSPS) is 13.3. The summed E-state index contributed by atoms with van der Waals surface area (Å²) in [4.78, 5) is 12.2. The zero-order valence-electron chi connectivity index (χ0n) is 12.1. The van der Waals surface area contributed by atoms with E-state index in [1.54, 1.807) is 18.2 Å². The maximum absolute atomic E-state index is 12.5. The van der Waals surface area contributed by atoms with Crippen molar-refractivity contribution in [1.29, 1.82) is 5.26 Å². The van der Waals surface area contributed by atoms with E-state index in [-0.39, 0.29) is 5.56 Å². The van der Waals surface area contributed by atoms with E-state index in [0.717, 1.165) is 5.56 Å². The first-order valence-electron chi connectivity index (χ1n) is 6.94. The number of carbonyl (C=O) groups is 1. The predicted octanol–water partition coefficient (Wildman–Crippen LogP) is 1.60. The lowest BCUT2D eigenvalue weighted by atomic mass is 10.1. The zero-order valence-corrected chi connectivity index (χ0v) is 12.9. The summed E-state index contributed by atoms with van der Waals surface area (Å²) in [7, 11) is -3.99. The summed E-state index contributed by atoms with van der Waals surface area (Å²) in [5.41, 5.74) is 1.93. The lowest BCUT2D eigenvalue weighted by Crippen LogP contribution is -2.42. The molecule has 0 spiro atoms. The van der Waals surface area contributed by atoms with Gasteiger partial charge in [0, 0.05) is 12.1 Å². The molecule has 1 N–H and O–H groups in total. The highest BCUT2D eigenvalue weighted by molar-refractivity contribution is 7.91. The number of fused-ring (bicyclic) bond motifs is 1. The molecule has 1 aliphatic heterocycles. The molecule has 23 heavy (non-hydrogen) atoms. The molecule has 7 heteroatoms. The molecule has 2 aromatic carbocycles. The standard InChI is InChI=1S/C16H13N3O3S/c17-11-12-4-3-6-14(10-12)16(20)18-23(21,22)19-9-8-13-5-1-2-7-15(13)19/h1-7,10H,8-9H2,(H,18,20). The first kappa shape index (κ1) is 15.1. The van der Waals surface area contributed by atoms with Gasteiger partial charge in [-0.25, -0.2) is 4.72 Å². The minimum absolute atomic E-state index is 0.125. The van der Waals surface area contributed by atoms with Crippen molar-refractivity contribution >= 4 is 21.8 Å². The van der Waals surface area contributed by atoms with Crippen LogP contribution in [0.15, 0.2) is 48.5 Å². The number of hydrogen-bond donors (Lipinski definition) is 1. The number of nitriles is 1. The first-order chi connectivity index (χ1) is 11.0. The largest absolute Gasteiger partial charge is 0.326 e. The van der Waals surface area contributed by atoms with E-state index >= 15 is 0 Å². The molecule has 0 radical (unpaired) electrons. The Morgan fingerprint density at radius 2 is 1.96 bits per heavy atom. The highest BCUT2D eigenvalue weighted by Crippen LogP contribution is 2.29. The van der Waals surface area contributed by atoms with E-state index in [1.807, 2.05) is 18.2 Å². The van der Waals surface area contributed by atoms with Crippen molar-refractivity contribution in [3.63, 3.8) is 0 Å². The predicted molar refractivity (Wildman–Crippen MR) is 85.0 cm³/mol. The molecular weight excluding hydrogens is 314 g/mol. The number of hydrogen-bond acceptors (Lipinski definition) is 4. The van der Waals surface area contributed by atoms with Gasteiger partial charge in [0.1, 0.15) is 0 Å². The van der Waals surface area contributed by atoms with Crippen LogP contribution in [0.1, 0.15) is 21.5 Å².